The number of para-hydroxylation sites is 2. The van der Waals surface area contributed by atoms with Crippen LogP contribution < -0.4 is 14.8 Å². The summed E-state index contributed by atoms with van der Waals surface area (Å²) in [7, 11) is 0. The summed E-state index contributed by atoms with van der Waals surface area (Å²) in [6.07, 6.45) is 2.81. The molecular formula is C14H19NO3. The van der Waals surface area contributed by atoms with Crippen molar-refractivity contribution in [2.45, 2.75) is 25.0 Å². The van der Waals surface area contributed by atoms with Gasteiger partial charge in [-0.2, -0.15) is 0 Å². The van der Waals surface area contributed by atoms with Crippen molar-refractivity contribution in [3.05, 3.63) is 24.3 Å². The molecule has 1 fully saturated rings. The van der Waals surface area contributed by atoms with Crippen molar-refractivity contribution < 1.29 is 14.2 Å². The standard InChI is InChI=1S/C14H19NO3/c1-2-6-14-13(5-1)17-10-12(18-14)9-15-8-11-4-3-7-16-11/h1-2,5-6,11-12,15H,3-4,7-10H2. The Morgan fingerprint density at radius 1 is 1.11 bits per heavy atom. The molecule has 0 saturated carbocycles. The fourth-order valence-corrected chi connectivity index (χ4v) is 2.37. The normalized spacial score (nSPS) is 26.2. The molecule has 0 amide bonds. The van der Waals surface area contributed by atoms with Gasteiger partial charge in [-0.25, -0.2) is 0 Å². The van der Waals surface area contributed by atoms with Crippen LogP contribution in [0.4, 0.5) is 0 Å². The maximum Gasteiger partial charge on any atom is 0.161 e. The Kier molecular flexibility index (Phi) is 3.67. The third-order valence-corrected chi connectivity index (χ3v) is 3.34. The molecule has 3 rings (SSSR count). The molecule has 2 aliphatic rings. The van der Waals surface area contributed by atoms with E-state index in [-0.39, 0.29) is 6.10 Å². The predicted molar refractivity (Wildman–Crippen MR) is 68.2 cm³/mol. The number of hydrogen-bond donors (Lipinski definition) is 1. The van der Waals surface area contributed by atoms with Crippen LogP contribution in [0.15, 0.2) is 24.3 Å². The highest BCUT2D eigenvalue weighted by atomic mass is 16.6. The first-order valence-electron chi connectivity index (χ1n) is 6.62. The molecule has 18 heavy (non-hydrogen) atoms. The lowest BCUT2D eigenvalue weighted by Crippen LogP contribution is -2.40. The second-order valence-corrected chi connectivity index (χ2v) is 4.79. The Bertz CT molecular complexity index is 390. The van der Waals surface area contributed by atoms with E-state index in [0.717, 1.165) is 37.6 Å². The molecule has 0 radical (unpaired) electrons. The molecule has 4 nitrogen and oxygen atoms in total. The third kappa shape index (κ3) is 2.76. The minimum Gasteiger partial charge on any atom is -0.486 e. The van der Waals surface area contributed by atoms with Crippen LogP contribution in [-0.2, 0) is 4.74 Å². The maximum atomic E-state index is 5.87. The van der Waals surface area contributed by atoms with Gasteiger partial charge in [0.15, 0.2) is 11.5 Å². The van der Waals surface area contributed by atoms with E-state index in [0.29, 0.717) is 12.7 Å². The molecular weight excluding hydrogens is 230 g/mol. The van der Waals surface area contributed by atoms with E-state index in [4.69, 9.17) is 14.2 Å². The zero-order valence-corrected chi connectivity index (χ0v) is 10.4. The number of benzene rings is 1. The highest BCUT2D eigenvalue weighted by Crippen LogP contribution is 2.30. The van der Waals surface area contributed by atoms with Gasteiger partial charge in [-0.15, -0.1) is 0 Å². The summed E-state index contributed by atoms with van der Waals surface area (Å²) in [5, 5.41) is 3.40. The number of rotatable bonds is 4. The zero-order valence-electron chi connectivity index (χ0n) is 10.4. The van der Waals surface area contributed by atoms with Gasteiger partial charge in [-0.3, -0.25) is 0 Å². The predicted octanol–water partition coefficient (Wildman–Crippen LogP) is 1.59. The van der Waals surface area contributed by atoms with Gasteiger partial charge in [0.1, 0.15) is 12.7 Å². The van der Waals surface area contributed by atoms with Crippen LogP contribution in [-0.4, -0.2) is 38.5 Å². The second kappa shape index (κ2) is 5.59. The van der Waals surface area contributed by atoms with Crippen LogP contribution >= 0.6 is 0 Å². The van der Waals surface area contributed by atoms with E-state index in [1.165, 1.54) is 6.42 Å². The summed E-state index contributed by atoms with van der Waals surface area (Å²) in [5.41, 5.74) is 0. The molecule has 98 valence electrons. The van der Waals surface area contributed by atoms with Crippen molar-refractivity contribution >= 4 is 0 Å². The van der Waals surface area contributed by atoms with E-state index in [1.54, 1.807) is 0 Å². The Morgan fingerprint density at radius 3 is 2.78 bits per heavy atom. The van der Waals surface area contributed by atoms with Gasteiger partial charge in [-0.1, -0.05) is 12.1 Å². The molecule has 0 aromatic heterocycles. The topological polar surface area (TPSA) is 39.7 Å². The van der Waals surface area contributed by atoms with Crippen molar-refractivity contribution in [3.8, 4) is 11.5 Å². The fourth-order valence-electron chi connectivity index (χ4n) is 2.37. The number of ether oxygens (including phenoxy) is 3. The summed E-state index contributed by atoms with van der Waals surface area (Å²) in [6, 6.07) is 7.80. The lowest BCUT2D eigenvalue weighted by Gasteiger charge is -2.27. The van der Waals surface area contributed by atoms with Crippen LogP contribution in [0.5, 0.6) is 11.5 Å². The summed E-state index contributed by atoms with van der Waals surface area (Å²) in [5.74, 6) is 1.68. The van der Waals surface area contributed by atoms with Crippen molar-refractivity contribution in [1.29, 1.82) is 0 Å². The highest BCUT2D eigenvalue weighted by molar-refractivity contribution is 5.40. The first kappa shape index (κ1) is 11.8. The largest absolute Gasteiger partial charge is 0.486 e. The fraction of sp³-hybridized carbons (Fsp3) is 0.571. The number of fused-ring (bicyclic) bond motifs is 1. The number of hydrogen-bond acceptors (Lipinski definition) is 4. The monoisotopic (exact) mass is 249 g/mol. The van der Waals surface area contributed by atoms with Gasteiger partial charge in [0, 0.05) is 19.7 Å². The molecule has 2 heterocycles. The lowest BCUT2D eigenvalue weighted by atomic mass is 10.2. The Labute approximate surface area is 107 Å². The third-order valence-electron chi connectivity index (χ3n) is 3.34. The summed E-state index contributed by atoms with van der Waals surface area (Å²) in [6.45, 7) is 3.22. The van der Waals surface area contributed by atoms with Gasteiger partial charge in [0.25, 0.3) is 0 Å². The average Bonchev–Trinajstić information content (AvgIpc) is 2.92. The van der Waals surface area contributed by atoms with Crippen molar-refractivity contribution in [2.24, 2.45) is 0 Å². The second-order valence-electron chi connectivity index (χ2n) is 4.79. The maximum absolute atomic E-state index is 5.87. The van der Waals surface area contributed by atoms with E-state index in [2.05, 4.69) is 5.32 Å². The molecule has 0 bridgehead atoms. The summed E-state index contributed by atoms with van der Waals surface area (Å²) >= 11 is 0. The van der Waals surface area contributed by atoms with Crippen LogP contribution in [0.25, 0.3) is 0 Å². The molecule has 1 saturated heterocycles. The van der Waals surface area contributed by atoms with Crippen LogP contribution in [0.2, 0.25) is 0 Å². The summed E-state index contributed by atoms with van der Waals surface area (Å²) in [4.78, 5) is 0. The summed E-state index contributed by atoms with van der Waals surface area (Å²) < 4.78 is 17.1. The molecule has 0 spiro atoms. The molecule has 0 aliphatic carbocycles. The average molecular weight is 249 g/mol. The van der Waals surface area contributed by atoms with Crippen LogP contribution in [0.3, 0.4) is 0 Å². The van der Waals surface area contributed by atoms with Gasteiger partial charge in [-0.05, 0) is 25.0 Å². The van der Waals surface area contributed by atoms with Crippen LogP contribution in [0, 0.1) is 0 Å². The highest BCUT2D eigenvalue weighted by Gasteiger charge is 2.21. The molecule has 4 heteroatoms. The van der Waals surface area contributed by atoms with E-state index >= 15 is 0 Å². The van der Waals surface area contributed by atoms with Crippen LogP contribution in [0.1, 0.15) is 12.8 Å². The first-order valence-corrected chi connectivity index (χ1v) is 6.62. The minimum atomic E-state index is 0.0845. The molecule has 1 N–H and O–H groups in total. The SMILES string of the molecule is c1ccc2c(c1)OCC(CNCC1CCCO1)O2. The molecule has 2 atom stereocenters. The van der Waals surface area contributed by atoms with Gasteiger partial charge in [0.05, 0.1) is 6.10 Å². The van der Waals surface area contributed by atoms with Gasteiger partial charge in [0.2, 0.25) is 0 Å². The Hall–Kier alpha value is -1.26. The van der Waals surface area contributed by atoms with Crippen molar-refractivity contribution in [2.75, 3.05) is 26.3 Å². The van der Waals surface area contributed by atoms with E-state index in [1.807, 2.05) is 24.3 Å². The van der Waals surface area contributed by atoms with Crippen molar-refractivity contribution in [3.63, 3.8) is 0 Å². The first-order chi connectivity index (χ1) is 8.92. The quantitative estimate of drug-likeness (QED) is 0.879. The molecule has 1 aromatic carbocycles. The van der Waals surface area contributed by atoms with Gasteiger partial charge >= 0.3 is 0 Å². The smallest absolute Gasteiger partial charge is 0.161 e. The zero-order chi connectivity index (χ0) is 12.2. The molecule has 2 unspecified atom stereocenters. The molecule has 1 aromatic rings. The molecule has 2 aliphatic heterocycles. The Morgan fingerprint density at radius 2 is 1.94 bits per heavy atom. The number of nitrogens with one attached hydrogen (secondary N) is 1. The van der Waals surface area contributed by atoms with E-state index in [9.17, 15) is 0 Å². The lowest BCUT2D eigenvalue weighted by molar-refractivity contribution is 0.0794. The van der Waals surface area contributed by atoms with Gasteiger partial charge < -0.3 is 19.5 Å². The van der Waals surface area contributed by atoms with E-state index < -0.39 is 0 Å². The Balaban J connectivity index is 1.44. The van der Waals surface area contributed by atoms with Crippen molar-refractivity contribution in [1.82, 2.24) is 5.32 Å². The minimum absolute atomic E-state index is 0.0845.